The Bertz CT molecular complexity index is 405. The number of nitrogens with zero attached hydrogens (tertiary/aromatic N) is 1. The van der Waals surface area contributed by atoms with Crippen molar-refractivity contribution >= 4 is 17.5 Å². The molecule has 0 aliphatic carbocycles. The van der Waals surface area contributed by atoms with E-state index in [0.29, 0.717) is 5.76 Å². The molecule has 1 aromatic rings. The van der Waals surface area contributed by atoms with Gasteiger partial charge in [-0.1, -0.05) is 11.6 Å². The van der Waals surface area contributed by atoms with Gasteiger partial charge in [-0.3, -0.25) is 4.79 Å². The van der Waals surface area contributed by atoms with Gasteiger partial charge in [0.1, 0.15) is 17.6 Å². The van der Waals surface area contributed by atoms with Crippen LogP contribution in [-0.2, 0) is 9.53 Å². The molecule has 2 rings (SSSR count). The van der Waals surface area contributed by atoms with Crippen LogP contribution >= 0.6 is 11.6 Å². The van der Waals surface area contributed by atoms with Crippen LogP contribution in [0.15, 0.2) is 22.8 Å². The van der Waals surface area contributed by atoms with Crippen molar-refractivity contribution in [3.8, 4) is 0 Å². The average molecular weight is 262 g/mol. The van der Waals surface area contributed by atoms with Gasteiger partial charge < -0.3 is 14.1 Å². The molecule has 1 fully saturated rings. The second kappa shape index (κ2) is 4.31. The number of hydrogen-bond donors (Lipinski definition) is 0. The van der Waals surface area contributed by atoms with Crippen LogP contribution in [0.3, 0.4) is 0 Å². The molecule has 1 aliphatic heterocycles. The molecule has 0 saturated carbocycles. The lowest BCUT2D eigenvalue weighted by molar-refractivity contribution is -0.148. The Morgan fingerprint density at radius 2 is 2.41 bits per heavy atom. The maximum absolute atomic E-state index is 12.9. The highest BCUT2D eigenvalue weighted by Crippen LogP contribution is 2.36. The third-order valence-corrected chi connectivity index (χ3v) is 2.93. The summed E-state index contributed by atoms with van der Waals surface area (Å²) in [7, 11) is 0. The Morgan fingerprint density at radius 3 is 2.94 bits per heavy atom. The van der Waals surface area contributed by atoms with Gasteiger partial charge in [0.05, 0.1) is 12.8 Å². The smallest absolute Gasteiger partial charge is 0.275 e. The fraction of sp³-hybridized carbons (Fsp3) is 0.545. The third-order valence-electron chi connectivity index (χ3n) is 2.74. The van der Waals surface area contributed by atoms with E-state index in [9.17, 15) is 9.18 Å². The highest BCUT2D eigenvalue weighted by Gasteiger charge is 2.45. The maximum Gasteiger partial charge on any atom is 0.275 e. The van der Waals surface area contributed by atoms with E-state index >= 15 is 0 Å². The van der Waals surface area contributed by atoms with Crippen LogP contribution in [0.25, 0.3) is 0 Å². The Morgan fingerprint density at radius 1 is 1.71 bits per heavy atom. The molecule has 17 heavy (non-hydrogen) atoms. The van der Waals surface area contributed by atoms with Crippen molar-refractivity contribution in [3.05, 3.63) is 24.2 Å². The van der Waals surface area contributed by atoms with Crippen LogP contribution < -0.4 is 0 Å². The van der Waals surface area contributed by atoms with E-state index in [1.54, 1.807) is 26.0 Å². The van der Waals surface area contributed by atoms with Gasteiger partial charge in [0, 0.05) is 0 Å². The number of ether oxygens (including phenoxy) is 1. The largest absolute Gasteiger partial charge is 0.467 e. The first kappa shape index (κ1) is 12.4. The fourth-order valence-electron chi connectivity index (χ4n) is 1.93. The molecule has 94 valence electrons. The summed E-state index contributed by atoms with van der Waals surface area (Å²) in [5.41, 5.74) is -2.94. The zero-order valence-electron chi connectivity index (χ0n) is 9.52. The standard InChI is InChI=1S/C11H13ClFNO3/c1-11(2)14(10(15)9(12)13)6-8(17-11)7-4-3-5-16-7/h3-5,8-9H,6H2,1-2H3. The normalized spacial score (nSPS) is 24.9. The summed E-state index contributed by atoms with van der Waals surface area (Å²) in [6.07, 6.45) is 1.13. The van der Waals surface area contributed by atoms with Gasteiger partial charge in [-0.2, -0.15) is 0 Å². The van der Waals surface area contributed by atoms with Crippen LogP contribution in [0.5, 0.6) is 0 Å². The van der Waals surface area contributed by atoms with Crippen molar-refractivity contribution in [2.45, 2.75) is 31.3 Å². The minimum absolute atomic E-state index is 0.229. The molecule has 1 saturated heterocycles. The molecule has 1 aliphatic rings. The van der Waals surface area contributed by atoms with Gasteiger partial charge >= 0.3 is 0 Å². The first-order valence-corrected chi connectivity index (χ1v) is 5.66. The topological polar surface area (TPSA) is 42.7 Å². The lowest BCUT2D eigenvalue weighted by Crippen LogP contribution is -2.46. The van der Waals surface area contributed by atoms with E-state index in [2.05, 4.69) is 0 Å². The van der Waals surface area contributed by atoms with Crippen molar-refractivity contribution in [1.29, 1.82) is 0 Å². The second-order valence-electron chi connectivity index (χ2n) is 4.32. The molecule has 0 radical (unpaired) electrons. The molecule has 0 aromatic carbocycles. The molecule has 1 amide bonds. The quantitative estimate of drug-likeness (QED) is 0.768. The monoisotopic (exact) mass is 261 g/mol. The summed E-state index contributed by atoms with van der Waals surface area (Å²) in [6, 6.07) is 3.48. The Balaban J connectivity index is 2.18. The van der Waals surface area contributed by atoms with Gasteiger partial charge in [-0.25, -0.2) is 4.39 Å². The van der Waals surface area contributed by atoms with Gasteiger partial charge in [0.25, 0.3) is 11.5 Å². The summed E-state index contributed by atoms with van der Waals surface area (Å²) >= 11 is 5.17. The van der Waals surface area contributed by atoms with E-state index < -0.39 is 17.3 Å². The summed E-state index contributed by atoms with van der Waals surface area (Å²) in [5, 5.41) is 0. The minimum Gasteiger partial charge on any atom is -0.467 e. The maximum atomic E-state index is 12.9. The van der Waals surface area contributed by atoms with Gasteiger partial charge in [-0.15, -0.1) is 0 Å². The van der Waals surface area contributed by atoms with Crippen LogP contribution in [0.4, 0.5) is 4.39 Å². The highest BCUT2D eigenvalue weighted by atomic mass is 35.5. The number of hydrogen-bond acceptors (Lipinski definition) is 3. The first-order valence-electron chi connectivity index (χ1n) is 5.22. The minimum atomic E-state index is -2.05. The Hall–Kier alpha value is -1.07. The third kappa shape index (κ3) is 2.30. The molecule has 2 unspecified atom stereocenters. The first-order chi connectivity index (χ1) is 7.92. The van der Waals surface area contributed by atoms with Gasteiger partial charge in [-0.05, 0) is 26.0 Å². The summed E-state index contributed by atoms with van der Waals surface area (Å²) < 4.78 is 23.7. The zero-order chi connectivity index (χ0) is 12.6. The summed E-state index contributed by atoms with van der Waals surface area (Å²) in [4.78, 5) is 12.9. The highest BCUT2D eigenvalue weighted by molar-refractivity contribution is 6.29. The van der Waals surface area contributed by atoms with Crippen LogP contribution in [0.1, 0.15) is 25.7 Å². The number of halogens is 2. The van der Waals surface area contributed by atoms with Gasteiger partial charge in [0.15, 0.2) is 0 Å². The number of alkyl halides is 2. The Kier molecular flexibility index (Phi) is 3.14. The Labute approximate surface area is 103 Å². The lowest BCUT2D eigenvalue weighted by Gasteiger charge is -2.29. The summed E-state index contributed by atoms with van der Waals surface area (Å²) in [5.74, 6) is -0.177. The van der Waals surface area contributed by atoms with Crippen LogP contribution in [0, 0.1) is 0 Å². The fourth-order valence-corrected chi connectivity index (χ4v) is 2.05. The number of carbonyl (C=O) groups excluding carboxylic acids is 1. The summed E-state index contributed by atoms with van der Waals surface area (Å²) in [6.45, 7) is 3.60. The van der Waals surface area contributed by atoms with Crippen molar-refractivity contribution in [2.24, 2.45) is 0 Å². The lowest BCUT2D eigenvalue weighted by atomic mass is 10.2. The molecule has 2 heterocycles. The van der Waals surface area contributed by atoms with Crippen molar-refractivity contribution in [2.75, 3.05) is 6.54 Å². The molecule has 0 N–H and O–H groups in total. The number of rotatable bonds is 2. The number of amides is 1. The SMILES string of the molecule is CC1(C)OC(c2ccco2)CN1C(=O)C(F)Cl. The molecular weight excluding hydrogens is 249 g/mol. The van der Waals surface area contributed by atoms with Crippen molar-refractivity contribution in [1.82, 2.24) is 4.90 Å². The molecule has 0 bridgehead atoms. The second-order valence-corrected chi connectivity index (χ2v) is 4.70. The van der Waals surface area contributed by atoms with E-state index in [0.717, 1.165) is 0 Å². The predicted octanol–water partition coefficient (Wildman–Crippen LogP) is 2.45. The average Bonchev–Trinajstić information content (AvgIpc) is 2.83. The zero-order valence-corrected chi connectivity index (χ0v) is 10.3. The van der Waals surface area contributed by atoms with Crippen molar-refractivity contribution in [3.63, 3.8) is 0 Å². The molecule has 2 atom stereocenters. The van der Waals surface area contributed by atoms with E-state index in [4.69, 9.17) is 20.8 Å². The predicted molar refractivity (Wildman–Crippen MR) is 59.1 cm³/mol. The van der Waals surface area contributed by atoms with Crippen molar-refractivity contribution < 1.29 is 18.3 Å². The van der Waals surface area contributed by atoms with E-state index in [1.807, 2.05) is 0 Å². The molecule has 0 spiro atoms. The number of furan rings is 1. The molecule has 6 heteroatoms. The van der Waals surface area contributed by atoms with Gasteiger partial charge in [0.2, 0.25) is 0 Å². The molecule has 1 aromatic heterocycles. The van der Waals surface area contributed by atoms with E-state index in [-0.39, 0.29) is 12.6 Å². The molecule has 4 nitrogen and oxygen atoms in total. The van der Waals surface area contributed by atoms with Crippen LogP contribution in [0.2, 0.25) is 0 Å². The molecular formula is C11H13ClFNO3. The number of carbonyl (C=O) groups is 1. The van der Waals surface area contributed by atoms with E-state index in [1.165, 1.54) is 11.2 Å². The van der Waals surface area contributed by atoms with Crippen LogP contribution in [-0.4, -0.2) is 28.7 Å².